The van der Waals surface area contributed by atoms with Crippen LogP contribution in [0.2, 0.25) is 0 Å². The molecule has 0 N–H and O–H groups in total. The second-order valence-corrected chi connectivity index (χ2v) is 4.20. The van der Waals surface area contributed by atoms with Crippen LogP contribution >= 0.6 is 0 Å². The molecule has 0 saturated carbocycles. The Hall–Kier alpha value is -0.630. The Morgan fingerprint density at radius 2 is 2.00 bits per heavy atom. The van der Waals surface area contributed by atoms with E-state index in [1.165, 1.54) is 0 Å². The average molecular weight is 226 g/mol. The number of ether oxygens (including phenoxy) is 2. The van der Waals surface area contributed by atoms with Crippen molar-refractivity contribution in [1.82, 2.24) is 4.90 Å². The minimum atomic E-state index is 0.277. The normalized spacial score (nSPS) is 18.5. The predicted molar refractivity (Wildman–Crippen MR) is 62.1 cm³/mol. The fourth-order valence-corrected chi connectivity index (χ4v) is 1.89. The standard InChI is InChI=1S/C12H22N2O2/c1-15-8-2-9-16-10-7-14-5-3-12(11-13)4-6-14/h12H,2-10H2,1H3. The Kier molecular flexibility index (Phi) is 7.15. The zero-order chi connectivity index (χ0) is 11.6. The number of rotatable bonds is 7. The minimum absolute atomic E-state index is 0.277. The molecule has 4 heteroatoms. The lowest BCUT2D eigenvalue weighted by molar-refractivity contribution is 0.0765. The molecule has 0 aromatic rings. The van der Waals surface area contributed by atoms with Crippen molar-refractivity contribution < 1.29 is 9.47 Å². The number of piperidine rings is 1. The zero-order valence-electron chi connectivity index (χ0n) is 10.2. The summed E-state index contributed by atoms with van der Waals surface area (Å²) in [5.41, 5.74) is 0. The molecule has 0 aliphatic carbocycles. The van der Waals surface area contributed by atoms with Crippen molar-refractivity contribution in [3.8, 4) is 6.07 Å². The van der Waals surface area contributed by atoms with Gasteiger partial charge in [0.2, 0.25) is 0 Å². The molecule has 1 saturated heterocycles. The number of nitriles is 1. The molecule has 1 aliphatic heterocycles. The van der Waals surface area contributed by atoms with Gasteiger partial charge in [-0.15, -0.1) is 0 Å². The second-order valence-electron chi connectivity index (χ2n) is 4.20. The number of nitrogens with zero attached hydrogens (tertiary/aromatic N) is 2. The summed E-state index contributed by atoms with van der Waals surface area (Å²) in [6.45, 7) is 5.42. The molecule has 0 spiro atoms. The van der Waals surface area contributed by atoms with E-state index in [0.717, 1.165) is 58.7 Å². The second kappa shape index (κ2) is 8.51. The first kappa shape index (κ1) is 13.4. The molecule has 4 nitrogen and oxygen atoms in total. The van der Waals surface area contributed by atoms with Gasteiger partial charge < -0.3 is 14.4 Å². The molecule has 1 rings (SSSR count). The number of likely N-dealkylation sites (tertiary alicyclic amines) is 1. The molecule has 0 atom stereocenters. The Balaban J connectivity index is 1.92. The lowest BCUT2D eigenvalue weighted by atomic mass is 9.99. The highest BCUT2D eigenvalue weighted by Crippen LogP contribution is 2.15. The van der Waals surface area contributed by atoms with Crippen molar-refractivity contribution in [3.05, 3.63) is 0 Å². The summed E-state index contributed by atoms with van der Waals surface area (Å²) >= 11 is 0. The van der Waals surface area contributed by atoms with Crippen molar-refractivity contribution in [2.45, 2.75) is 19.3 Å². The molecule has 0 bridgehead atoms. The van der Waals surface area contributed by atoms with Crippen LogP contribution in [0.4, 0.5) is 0 Å². The van der Waals surface area contributed by atoms with Gasteiger partial charge in [-0.1, -0.05) is 0 Å². The summed E-state index contributed by atoms with van der Waals surface area (Å²) in [5, 5.41) is 8.77. The maximum atomic E-state index is 8.77. The van der Waals surface area contributed by atoms with Gasteiger partial charge in [-0.2, -0.15) is 5.26 Å². The summed E-state index contributed by atoms with van der Waals surface area (Å²) in [6.07, 6.45) is 2.99. The molecule has 1 aliphatic rings. The Bertz CT molecular complexity index is 208. The summed E-state index contributed by atoms with van der Waals surface area (Å²) < 4.78 is 10.4. The van der Waals surface area contributed by atoms with E-state index >= 15 is 0 Å². The topological polar surface area (TPSA) is 45.5 Å². The predicted octanol–water partition coefficient (Wildman–Crippen LogP) is 1.28. The molecule has 92 valence electrons. The van der Waals surface area contributed by atoms with Gasteiger partial charge in [0, 0.05) is 32.8 Å². The molecule has 1 heterocycles. The SMILES string of the molecule is COCCCOCCN1CCC(C#N)CC1. The van der Waals surface area contributed by atoms with Crippen molar-refractivity contribution in [3.63, 3.8) is 0 Å². The van der Waals surface area contributed by atoms with Gasteiger partial charge in [-0.25, -0.2) is 0 Å². The van der Waals surface area contributed by atoms with Crippen LogP contribution in [0.25, 0.3) is 0 Å². The van der Waals surface area contributed by atoms with Gasteiger partial charge in [0.25, 0.3) is 0 Å². The van der Waals surface area contributed by atoms with Crippen molar-refractivity contribution in [2.75, 3.05) is 46.6 Å². The van der Waals surface area contributed by atoms with E-state index in [2.05, 4.69) is 11.0 Å². The van der Waals surface area contributed by atoms with Crippen molar-refractivity contribution >= 4 is 0 Å². The van der Waals surface area contributed by atoms with Crippen LogP contribution in [-0.2, 0) is 9.47 Å². The maximum absolute atomic E-state index is 8.77. The van der Waals surface area contributed by atoms with Gasteiger partial charge in [0.1, 0.15) is 0 Å². The molecule has 0 unspecified atom stereocenters. The summed E-state index contributed by atoms with van der Waals surface area (Å²) in [7, 11) is 1.71. The number of methoxy groups -OCH3 is 1. The highest BCUT2D eigenvalue weighted by Gasteiger charge is 2.17. The van der Waals surface area contributed by atoms with Crippen LogP contribution < -0.4 is 0 Å². The van der Waals surface area contributed by atoms with Gasteiger partial charge in [0.05, 0.1) is 12.7 Å². The fraction of sp³-hybridized carbons (Fsp3) is 0.917. The zero-order valence-corrected chi connectivity index (χ0v) is 10.2. The largest absolute Gasteiger partial charge is 0.385 e. The molecule has 16 heavy (non-hydrogen) atoms. The van der Waals surface area contributed by atoms with E-state index in [4.69, 9.17) is 14.7 Å². The summed E-state index contributed by atoms with van der Waals surface area (Å²) in [6, 6.07) is 2.34. The van der Waals surface area contributed by atoms with Crippen LogP contribution in [0, 0.1) is 17.2 Å². The van der Waals surface area contributed by atoms with Crippen LogP contribution in [0.5, 0.6) is 0 Å². The molecular weight excluding hydrogens is 204 g/mol. The maximum Gasteiger partial charge on any atom is 0.0656 e. The fourth-order valence-electron chi connectivity index (χ4n) is 1.89. The average Bonchev–Trinajstić information content (AvgIpc) is 2.34. The minimum Gasteiger partial charge on any atom is -0.385 e. The van der Waals surface area contributed by atoms with Gasteiger partial charge in [-0.05, 0) is 32.4 Å². The Morgan fingerprint density at radius 1 is 1.25 bits per heavy atom. The van der Waals surface area contributed by atoms with Crippen molar-refractivity contribution in [1.29, 1.82) is 5.26 Å². The van der Waals surface area contributed by atoms with E-state index in [1.54, 1.807) is 7.11 Å². The van der Waals surface area contributed by atoms with Crippen LogP contribution in [0.3, 0.4) is 0 Å². The highest BCUT2D eigenvalue weighted by atomic mass is 16.5. The first-order valence-electron chi connectivity index (χ1n) is 6.05. The van der Waals surface area contributed by atoms with E-state index in [1.807, 2.05) is 0 Å². The molecule has 0 amide bonds. The highest BCUT2D eigenvalue weighted by molar-refractivity contribution is 4.87. The third-order valence-electron chi connectivity index (χ3n) is 2.96. The van der Waals surface area contributed by atoms with Crippen LogP contribution in [-0.4, -0.2) is 51.5 Å². The first-order valence-corrected chi connectivity index (χ1v) is 6.05. The lowest BCUT2D eigenvalue weighted by Gasteiger charge is -2.28. The molecular formula is C12H22N2O2. The first-order chi connectivity index (χ1) is 7.86. The third kappa shape index (κ3) is 5.45. The summed E-state index contributed by atoms with van der Waals surface area (Å²) in [4.78, 5) is 2.38. The monoisotopic (exact) mass is 226 g/mol. The molecule has 0 radical (unpaired) electrons. The van der Waals surface area contributed by atoms with Gasteiger partial charge in [0.15, 0.2) is 0 Å². The van der Waals surface area contributed by atoms with Gasteiger partial charge in [-0.3, -0.25) is 0 Å². The number of hydrogen-bond donors (Lipinski definition) is 0. The Labute approximate surface area is 98.1 Å². The summed E-state index contributed by atoms with van der Waals surface area (Å²) in [5.74, 6) is 0.277. The number of hydrogen-bond acceptors (Lipinski definition) is 4. The molecule has 1 fully saturated rings. The van der Waals surface area contributed by atoms with Crippen LogP contribution in [0.15, 0.2) is 0 Å². The van der Waals surface area contributed by atoms with Crippen molar-refractivity contribution in [2.24, 2.45) is 5.92 Å². The van der Waals surface area contributed by atoms with E-state index in [9.17, 15) is 0 Å². The van der Waals surface area contributed by atoms with Crippen LogP contribution in [0.1, 0.15) is 19.3 Å². The van der Waals surface area contributed by atoms with E-state index in [0.29, 0.717) is 0 Å². The third-order valence-corrected chi connectivity index (χ3v) is 2.96. The quantitative estimate of drug-likeness (QED) is 0.613. The van der Waals surface area contributed by atoms with E-state index in [-0.39, 0.29) is 5.92 Å². The smallest absolute Gasteiger partial charge is 0.0656 e. The molecule has 0 aromatic carbocycles. The molecule has 0 aromatic heterocycles. The van der Waals surface area contributed by atoms with Gasteiger partial charge >= 0.3 is 0 Å². The van der Waals surface area contributed by atoms with E-state index < -0.39 is 0 Å². The Morgan fingerprint density at radius 3 is 2.62 bits per heavy atom. The lowest BCUT2D eigenvalue weighted by Crippen LogP contribution is -2.35.